The highest BCUT2D eigenvalue weighted by atomic mass is 16.7. The summed E-state index contributed by atoms with van der Waals surface area (Å²) in [6, 6.07) is 0. The molecule has 2 aliphatic rings. The second-order valence-corrected chi connectivity index (χ2v) is 6.26. The van der Waals surface area contributed by atoms with E-state index in [-0.39, 0.29) is 17.8 Å². The number of methoxy groups -OCH3 is 1. The molecule has 0 unspecified atom stereocenters. The maximum atomic E-state index is 5.95. The number of allylic oxidation sites excluding steroid dienone is 1. The molecule has 0 bridgehead atoms. The second kappa shape index (κ2) is 7.58. The molecule has 0 aromatic heterocycles. The molecule has 1 spiro atoms. The Bertz CT molecular complexity index is 309. The first-order valence-electron chi connectivity index (χ1n) is 8.19. The molecule has 20 heavy (non-hydrogen) atoms. The van der Waals surface area contributed by atoms with Crippen LogP contribution in [0.25, 0.3) is 0 Å². The number of ether oxygens (including phenoxy) is 3. The first-order chi connectivity index (χ1) is 9.74. The van der Waals surface area contributed by atoms with Crippen molar-refractivity contribution in [2.24, 2.45) is 5.92 Å². The molecule has 116 valence electrons. The van der Waals surface area contributed by atoms with Gasteiger partial charge in [-0.15, -0.1) is 0 Å². The van der Waals surface area contributed by atoms with Crippen LogP contribution in [0, 0.1) is 5.92 Å². The Kier molecular flexibility index (Phi) is 6.06. The average Bonchev–Trinajstić information content (AvgIpc) is 3.22. The zero-order valence-electron chi connectivity index (χ0n) is 13.3. The Morgan fingerprint density at radius 2 is 2.00 bits per heavy atom. The SMILES string of the molecule is CCCCCCC/C=C/[C@@H]1OC[C@H](C)[C@H](OC)[C@@]12CO2. The van der Waals surface area contributed by atoms with Crippen molar-refractivity contribution < 1.29 is 14.2 Å². The molecule has 2 saturated heterocycles. The number of unbranched alkanes of at least 4 members (excludes halogenated alkanes) is 5. The van der Waals surface area contributed by atoms with Gasteiger partial charge in [-0.1, -0.05) is 51.7 Å². The van der Waals surface area contributed by atoms with Gasteiger partial charge in [-0.25, -0.2) is 0 Å². The van der Waals surface area contributed by atoms with Crippen LogP contribution in [0.2, 0.25) is 0 Å². The molecule has 0 N–H and O–H groups in total. The van der Waals surface area contributed by atoms with E-state index in [1.807, 2.05) is 0 Å². The lowest BCUT2D eigenvalue weighted by Gasteiger charge is -2.38. The first-order valence-corrected chi connectivity index (χ1v) is 8.19. The summed E-state index contributed by atoms with van der Waals surface area (Å²) in [4.78, 5) is 0. The molecule has 0 aromatic carbocycles. The van der Waals surface area contributed by atoms with Crippen molar-refractivity contribution in [3.8, 4) is 0 Å². The topological polar surface area (TPSA) is 31.0 Å². The van der Waals surface area contributed by atoms with Crippen molar-refractivity contribution in [3.63, 3.8) is 0 Å². The van der Waals surface area contributed by atoms with Crippen LogP contribution in [0.1, 0.15) is 52.4 Å². The Labute approximate surface area is 123 Å². The van der Waals surface area contributed by atoms with Gasteiger partial charge in [0, 0.05) is 13.0 Å². The fourth-order valence-electron chi connectivity index (χ4n) is 3.28. The van der Waals surface area contributed by atoms with Crippen molar-refractivity contribution >= 4 is 0 Å². The summed E-state index contributed by atoms with van der Waals surface area (Å²) in [5, 5.41) is 0. The number of epoxide rings is 1. The minimum absolute atomic E-state index is 0.0688. The van der Waals surface area contributed by atoms with Gasteiger partial charge >= 0.3 is 0 Å². The maximum Gasteiger partial charge on any atom is 0.147 e. The van der Waals surface area contributed by atoms with Gasteiger partial charge in [-0.2, -0.15) is 0 Å². The minimum atomic E-state index is -0.203. The predicted octanol–water partition coefficient (Wildman–Crippen LogP) is 3.72. The molecule has 0 amide bonds. The van der Waals surface area contributed by atoms with Gasteiger partial charge < -0.3 is 14.2 Å². The van der Waals surface area contributed by atoms with Crippen LogP contribution in [-0.4, -0.2) is 38.1 Å². The summed E-state index contributed by atoms with van der Waals surface area (Å²) >= 11 is 0. The van der Waals surface area contributed by atoms with Gasteiger partial charge in [-0.3, -0.25) is 0 Å². The maximum absolute atomic E-state index is 5.95. The number of hydrogen-bond acceptors (Lipinski definition) is 3. The molecule has 3 heteroatoms. The van der Waals surface area contributed by atoms with Crippen molar-refractivity contribution in [1.29, 1.82) is 0 Å². The van der Waals surface area contributed by atoms with Crippen LogP contribution in [0.5, 0.6) is 0 Å². The highest BCUT2D eigenvalue weighted by molar-refractivity contribution is 5.15. The van der Waals surface area contributed by atoms with E-state index in [0.717, 1.165) is 19.6 Å². The lowest BCUT2D eigenvalue weighted by molar-refractivity contribution is -0.131. The van der Waals surface area contributed by atoms with Crippen molar-refractivity contribution in [1.82, 2.24) is 0 Å². The van der Waals surface area contributed by atoms with E-state index >= 15 is 0 Å². The standard InChI is InChI=1S/C17H30O3/c1-4-5-6-7-8-9-10-11-15-17(13-20-17)16(18-3)14(2)12-19-15/h10-11,14-16H,4-9,12-13H2,1-3H3/b11-10+/t14-,15-,16-,17+/m0/s1. The van der Waals surface area contributed by atoms with E-state index in [2.05, 4.69) is 26.0 Å². The van der Waals surface area contributed by atoms with Crippen LogP contribution < -0.4 is 0 Å². The molecule has 2 fully saturated rings. The van der Waals surface area contributed by atoms with Crippen LogP contribution in [0.4, 0.5) is 0 Å². The van der Waals surface area contributed by atoms with E-state index in [1.165, 1.54) is 32.1 Å². The smallest absolute Gasteiger partial charge is 0.147 e. The Morgan fingerprint density at radius 3 is 2.65 bits per heavy atom. The first kappa shape index (κ1) is 16.0. The molecule has 0 radical (unpaired) electrons. The molecule has 2 aliphatic heterocycles. The van der Waals surface area contributed by atoms with Gasteiger partial charge in [0.25, 0.3) is 0 Å². The van der Waals surface area contributed by atoms with Gasteiger partial charge in [0.2, 0.25) is 0 Å². The Hall–Kier alpha value is -0.380. The molecule has 0 saturated carbocycles. The van der Waals surface area contributed by atoms with Gasteiger partial charge in [0.15, 0.2) is 0 Å². The summed E-state index contributed by atoms with van der Waals surface area (Å²) in [6.45, 7) is 5.95. The quantitative estimate of drug-likeness (QED) is 0.386. The number of hydrogen-bond donors (Lipinski definition) is 0. The van der Waals surface area contributed by atoms with Crippen LogP contribution in [-0.2, 0) is 14.2 Å². The van der Waals surface area contributed by atoms with Crippen molar-refractivity contribution in [2.75, 3.05) is 20.3 Å². The fourth-order valence-corrected chi connectivity index (χ4v) is 3.28. The van der Waals surface area contributed by atoms with Gasteiger partial charge in [0.1, 0.15) is 11.7 Å². The third kappa shape index (κ3) is 3.63. The monoisotopic (exact) mass is 282 g/mol. The van der Waals surface area contributed by atoms with Crippen molar-refractivity contribution in [3.05, 3.63) is 12.2 Å². The summed E-state index contributed by atoms with van der Waals surface area (Å²) in [7, 11) is 1.78. The molecule has 2 heterocycles. The van der Waals surface area contributed by atoms with Gasteiger partial charge in [0.05, 0.1) is 19.3 Å². The third-order valence-electron chi connectivity index (χ3n) is 4.54. The average molecular weight is 282 g/mol. The lowest BCUT2D eigenvalue weighted by Crippen LogP contribution is -2.52. The minimum Gasteiger partial charge on any atom is -0.378 e. The van der Waals surface area contributed by atoms with Crippen molar-refractivity contribution in [2.45, 2.75) is 70.2 Å². The number of rotatable bonds is 8. The van der Waals surface area contributed by atoms with E-state index in [0.29, 0.717) is 5.92 Å². The molecule has 3 nitrogen and oxygen atoms in total. The molecular formula is C17H30O3. The molecule has 0 aliphatic carbocycles. The summed E-state index contributed by atoms with van der Waals surface area (Å²) < 4.78 is 17.3. The molecule has 4 atom stereocenters. The van der Waals surface area contributed by atoms with E-state index < -0.39 is 0 Å². The zero-order chi connectivity index (χ0) is 14.4. The summed E-state index contributed by atoms with van der Waals surface area (Å²) in [5.41, 5.74) is -0.203. The largest absolute Gasteiger partial charge is 0.378 e. The zero-order valence-corrected chi connectivity index (χ0v) is 13.3. The third-order valence-corrected chi connectivity index (χ3v) is 4.54. The predicted molar refractivity (Wildman–Crippen MR) is 80.9 cm³/mol. The van der Waals surface area contributed by atoms with Crippen LogP contribution in [0.15, 0.2) is 12.2 Å². The van der Waals surface area contributed by atoms with Crippen LogP contribution >= 0.6 is 0 Å². The van der Waals surface area contributed by atoms with E-state index in [4.69, 9.17) is 14.2 Å². The van der Waals surface area contributed by atoms with E-state index in [1.54, 1.807) is 7.11 Å². The fraction of sp³-hybridized carbons (Fsp3) is 0.882. The molecule has 0 aromatic rings. The summed E-state index contributed by atoms with van der Waals surface area (Å²) in [6.07, 6.45) is 12.5. The highest BCUT2D eigenvalue weighted by Gasteiger charge is 2.61. The molecule has 2 rings (SSSR count). The van der Waals surface area contributed by atoms with Crippen LogP contribution in [0.3, 0.4) is 0 Å². The van der Waals surface area contributed by atoms with E-state index in [9.17, 15) is 0 Å². The molecular weight excluding hydrogens is 252 g/mol. The second-order valence-electron chi connectivity index (χ2n) is 6.26. The van der Waals surface area contributed by atoms with Gasteiger partial charge in [-0.05, 0) is 12.8 Å². The lowest BCUT2D eigenvalue weighted by atomic mass is 9.85. The normalized spacial score (nSPS) is 36.9. The summed E-state index contributed by atoms with van der Waals surface area (Å²) in [5.74, 6) is 0.404. The Balaban J connectivity index is 1.75. The highest BCUT2D eigenvalue weighted by Crippen LogP contribution is 2.44. The Morgan fingerprint density at radius 1 is 1.25 bits per heavy atom.